The van der Waals surface area contributed by atoms with Crippen LogP contribution in [0.25, 0.3) is 111 Å². The molecule has 0 bridgehead atoms. The van der Waals surface area contributed by atoms with E-state index in [1.807, 2.05) is 97.2 Å². The van der Waals surface area contributed by atoms with Gasteiger partial charge < -0.3 is 18.1 Å². The Morgan fingerprint density at radius 1 is 0.535 bits per heavy atom. The summed E-state index contributed by atoms with van der Waals surface area (Å²) in [6.45, 7) is 6.55. The van der Waals surface area contributed by atoms with Crippen molar-refractivity contribution < 1.29 is 43.8 Å². The van der Waals surface area contributed by atoms with Crippen LogP contribution in [0.5, 0.6) is 0 Å². The van der Waals surface area contributed by atoms with Crippen molar-refractivity contribution in [2.45, 2.75) is 26.2 Å². The first kappa shape index (κ1) is 34.1. The van der Waals surface area contributed by atoms with Gasteiger partial charge in [0.05, 0.1) is 35.9 Å². The molecule has 71 heavy (non-hydrogen) atoms. The van der Waals surface area contributed by atoms with Crippen molar-refractivity contribution in [3.8, 4) is 45.1 Å². The van der Waals surface area contributed by atoms with E-state index in [1.54, 1.807) is 27.3 Å². The van der Waals surface area contributed by atoms with Gasteiger partial charge in [0.2, 0.25) is 0 Å². The van der Waals surface area contributed by atoms with Crippen LogP contribution < -0.4 is 4.57 Å². The molecule has 0 unspecified atom stereocenters. The van der Waals surface area contributed by atoms with E-state index < -0.39 is 60.4 Å². The fourth-order valence-corrected chi connectivity index (χ4v) is 9.62. The van der Waals surface area contributed by atoms with Gasteiger partial charge in [0.15, 0.2) is 0 Å². The summed E-state index contributed by atoms with van der Waals surface area (Å²) in [7, 11) is 0. The second-order valence-corrected chi connectivity index (χ2v) is 18.1. The standard InChI is InChI=1S/C64H45N5O.Pt/c1-64(2,3)45-37-38-65-62(39-45)69-55-29-14-10-23-50(55)52-35-33-47(41-58(52)69)68-54-28-13-11-24-51(54)53-25-12-17-32-60(53)70-61-36-34-46(40-59(61)68)66-42-67(57-31-16-15-30-56(57)66)63-48(43-19-6-4-7-20-43)26-18-27-49(63)44-21-8-5-9-22-44;/h4-39H,1-3H3;/q-2;/i4D,5D,6D,7D,8D,9D,19D,20D,21D,22D;. The topological polar surface area (TPSA) is 44.7 Å². The molecule has 13 aromatic rings. The van der Waals surface area contributed by atoms with Crippen molar-refractivity contribution in [1.29, 1.82) is 0 Å². The van der Waals surface area contributed by atoms with Gasteiger partial charge in [0, 0.05) is 49.1 Å². The summed E-state index contributed by atoms with van der Waals surface area (Å²) in [6, 6.07) is 50.8. The molecule has 6 nitrogen and oxygen atoms in total. The van der Waals surface area contributed by atoms with E-state index in [1.165, 1.54) is 0 Å². The van der Waals surface area contributed by atoms with E-state index in [4.69, 9.17) is 17.6 Å². The van der Waals surface area contributed by atoms with Crippen molar-refractivity contribution in [2.75, 3.05) is 0 Å². The molecular weight excluding hydrogens is 1050 g/mol. The number of hydrogen-bond acceptors (Lipinski definition) is 2. The maximum atomic E-state index is 9.17. The second kappa shape index (κ2) is 17.6. The van der Waals surface area contributed by atoms with Gasteiger partial charge >= 0.3 is 0 Å². The number of benzene rings is 9. The van der Waals surface area contributed by atoms with Gasteiger partial charge in [-0.1, -0.05) is 189 Å². The largest absolute Gasteiger partial charge is 0.514 e. The smallest absolute Gasteiger partial charge is 0.268 e. The average molecular weight is 1110 g/mol. The molecule has 0 aliphatic heterocycles. The Morgan fingerprint density at radius 2 is 1.13 bits per heavy atom. The first-order chi connectivity index (χ1) is 38.5. The molecule has 0 fully saturated rings. The van der Waals surface area contributed by atoms with Crippen LogP contribution in [0.2, 0.25) is 0 Å². The van der Waals surface area contributed by atoms with Crippen LogP contribution in [0, 0.1) is 18.5 Å². The van der Waals surface area contributed by atoms with Crippen molar-refractivity contribution >= 4 is 65.8 Å². The Balaban J connectivity index is 0.00000651. The minimum Gasteiger partial charge on any atom is -0.514 e. The molecular formula is C64H45N5OPt-2. The number of rotatable bonds is 6. The molecule has 0 atom stereocenters. The van der Waals surface area contributed by atoms with Crippen molar-refractivity contribution in [2.24, 2.45) is 0 Å². The zero-order valence-electron chi connectivity index (χ0n) is 48.5. The zero-order chi connectivity index (χ0) is 55.6. The van der Waals surface area contributed by atoms with E-state index in [-0.39, 0.29) is 54.4 Å². The Hall–Kier alpha value is -8.31. The second-order valence-electron chi connectivity index (χ2n) is 18.1. The third-order valence-electron chi connectivity index (χ3n) is 12.9. The van der Waals surface area contributed by atoms with Gasteiger partial charge in [-0.2, -0.15) is 12.1 Å². The fourth-order valence-electron chi connectivity index (χ4n) is 9.62. The molecule has 9 aromatic carbocycles. The molecule has 7 heteroatoms. The number of aromatic nitrogens is 5. The molecule has 0 radical (unpaired) electrons. The van der Waals surface area contributed by atoms with Gasteiger partial charge in [0.25, 0.3) is 6.33 Å². The minimum atomic E-state index is -0.579. The SMILES string of the molecule is [2H]c1c([2H])c([2H])c(-c2cccc(-c3c([2H])c([2H])c([2H])c([2H])c3[2H])c2-[n+]2[c-]n(-c3[c-]c4c(cc3)oc3ccccc3c3ccccc3n4-c3[c-]c4c(cc3)c3ccccc3n4-c3cc(C(C)(C)C)ccn3)c3ccccc32)c([2H])c1[2H].[Pt]. The number of nitrogens with zero attached hydrogens (tertiary/aromatic N) is 5. The van der Waals surface area contributed by atoms with Crippen LogP contribution in [0.4, 0.5) is 0 Å². The molecule has 0 aliphatic carbocycles. The summed E-state index contributed by atoms with van der Waals surface area (Å²) in [5, 5.41) is 3.79. The molecule has 0 N–H and O–H groups in total. The predicted molar refractivity (Wildman–Crippen MR) is 285 cm³/mol. The summed E-state index contributed by atoms with van der Waals surface area (Å²) in [5.41, 5.74) is 7.61. The summed E-state index contributed by atoms with van der Waals surface area (Å²) in [5.74, 6) is 0.753. The van der Waals surface area contributed by atoms with E-state index in [0.29, 0.717) is 39.1 Å². The summed E-state index contributed by atoms with van der Waals surface area (Å²) >= 11 is 0. The van der Waals surface area contributed by atoms with Crippen LogP contribution in [0.1, 0.15) is 40.0 Å². The monoisotopic (exact) mass is 1100 g/mol. The minimum absolute atomic E-state index is 0. The van der Waals surface area contributed by atoms with Gasteiger partial charge in [-0.05, 0) is 80.2 Å². The maximum Gasteiger partial charge on any atom is 0.268 e. The number of para-hydroxylation sites is 6. The fraction of sp³-hybridized carbons (Fsp3) is 0.0625. The third kappa shape index (κ3) is 7.46. The first-order valence-electron chi connectivity index (χ1n) is 27.9. The van der Waals surface area contributed by atoms with E-state index in [0.717, 1.165) is 49.5 Å². The van der Waals surface area contributed by atoms with Crippen molar-refractivity contribution in [3.05, 3.63) is 242 Å². The molecule has 344 valence electrons. The average Bonchev–Trinajstić information content (AvgIpc) is 4.28. The van der Waals surface area contributed by atoms with E-state index in [2.05, 4.69) is 90.8 Å². The van der Waals surface area contributed by atoms with Gasteiger partial charge in [-0.25, -0.2) is 4.98 Å². The number of fused-ring (bicyclic) bond motifs is 8. The molecule has 4 heterocycles. The summed E-state index contributed by atoms with van der Waals surface area (Å²) < 4.78 is 103. The van der Waals surface area contributed by atoms with Crippen LogP contribution in [0.15, 0.2) is 223 Å². The van der Waals surface area contributed by atoms with Crippen molar-refractivity contribution in [1.82, 2.24) is 18.7 Å². The van der Waals surface area contributed by atoms with Crippen LogP contribution in [-0.2, 0) is 26.5 Å². The number of imidazole rings is 1. The van der Waals surface area contributed by atoms with Crippen LogP contribution in [-0.4, -0.2) is 18.7 Å². The molecule has 13 rings (SSSR count). The third-order valence-corrected chi connectivity index (χ3v) is 12.9. The molecule has 0 saturated heterocycles. The van der Waals surface area contributed by atoms with E-state index in [9.17, 15) is 5.48 Å². The number of pyridine rings is 1. The van der Waals surface area contributed by atoms with Crippen LogP contribution in [0.3, 0.4) is 0 Å². The first-order valence-corrected chi connectivity index (χ1v) is 22.9. The quantitative estimate of drug-likeness (QED) is 0.123. The summed E-state index contributed by atoms with van der Waals surface area (Å²) in [6.07, 6.45) is 5.38. The molecule has 4 aromatic heterocycles. The van der Waals surface area contributed by atoms with Crippen LogP contribution >= 0.6 is 0 Å². The van der Waals surface area contributed by atoms with Crippen molar-refractivity contribution in [3.63, 3.8) is 0 Å². The van der Waals surface area contributed by atoms with Gasteiger partial charge in [-0.15, -0.1) is 29.7 Å². The molecule has 0 amide bonds. The zero-order valence-corrected chi connectivity index (χ0v) is 40.7. The predicted octanol–water partition coefficient (Wildman–Crippen LogP) is 15.4. The summed E-state index contributed by atoms with van der Waals surface area (Å²) in [4.78, 5) is 4.95. The Morgan fingerprint density at radius 3 is 1.83 bits per heavy atom. The van der Waals surface area contributed by atoms with Gasteiger partial charge in [0.1, 0.15) is 11.4 Å². The molecule has 0 aliphatic rings. The Labute approximate surface area is 440 Å². The Kier molecular flexibility index (Phi) is 8.43. The van der Waals surface area contributed by atoms with E-state index >= 15 is 0 Å². The Bertz CT molecular complexity index is 4710. The maximum absolute atomic E-state index is 9.17. The normalized spacial score (nSPS) is 13.7. The molecule has 0 spiro atoms. The molecule has 0 saturated carbocycles. The van der Waals surface area contributed by atoms with Gasteiger partial charge in [-0.3, -0.25) is 4.57 Å². The number of hydrogen-bond donors (Lipinski definition) is 0.